The van der Waals surface area contributed by atoms with Crippen LogP contribution < -0.4 is 4.90 Å². The second-order valence-electron chi connectivity index (χ2n) is 10.7. The van der Waals surface area contributed by atoms with Crippen LogP contribution in [-0.4, -0.2) is 4.98 Å². The minimum Gasteiger partial charge on any atom is -0.310 e. The van der Waals surface area contributed by atoms with Crippen molar-refractivity contribution < 1.29 is 0 Å². The molecule has 0 spiro atoms. The molecule has 33 heavy (non-hydrogen) atoms. The third-order valence-electron chi connectivity index (χ3n) is 6.05. The van der Waals surface area contributed by atoms with Gasteiger partial charge in [0.15, 0.2) is 0 Å². The van der Waals surface area contributed by atoms with Crippen molar-refractivity contribution in [1.29, 1.82) is 0 Å². The fourth-order valence-electron chi connectivity index (χ4n) is 4.01. The van der Waals surface area contributed by atoms with Crippen molar-refractivity contribution in [3.05, 3.63) is 108 Å². The van der Waals surface area contributed by atoms with Gasteiger partial charge in [0, 0.05) is 28.8 Å². The lowest BCUT2D eigenvalue weighted by atomic mass is 9.86. The number of rotatable bonds is 4. The van der Waals surface area contributed by atoms with Gasteiger partial charge in [0.25, 0.3) is 0 Å². The first kappa shape index (κ1) is 22.8. The first-order valence-electron chi connectivity index (χ1n) is 11.7. The molecular formula is C31H34N2. The van der Waals surface area contributed by atoms with Crippen LogP contribution >= 0.6 is 0 Å². The van der Waals surface area contributed by atoms with Crippen LogP contribution in [0, 0.1) is 0 Å². The fourth-order valence-corrected chi connectivity index (χ4v) is 4.01. The molecule has 2 nitrogen and oxygen atoms in total. The molecule has 0 saturated carbocycles. The molecule has 0 fully saturated rings. The highest BCUT2D eigenvalue weighted by Crippen LogP contribution is 2.38. The monoisotopic (exact) mass is 434 g/mol. The van der Waals surface area contributed by atoms with Gasteiger partial charge in [-0.05, 0) is 70.5 Å². The number of nitrogens with zero attached hydrogens (tertiary/aromatic N) is 2. The topological polar surface area (TPSA) is 16.1 Å². The van der Waals surface area contributed by atoms with Crippen LogP contribution in [-0.2, 0) is 10.8 Å². The first-order valence-corrected chi connectivity index (χ1v) is 11.7. The molecule has 0 unspecified atom stereocenters. The number of benzene rings is 3. The SMILES string of the molecule is CC(C)(C)c1ccc(N(c2ccc(C(C)(C)C)cc2)c2cccc(-c3ccccn3)c2)cc1. The van der Waals surface area contributed by atoms with Gasteiger partial charge >= 0.3 is 0 Å². The molecule has 168 valence electrons. The highest BCUT2D eigenvalue weighted by molar-refractivity contribution is 5.79. The van der Waals surface area contributed by atoms with Gasteiger partial charge in [-0.25, -0.2) is 0 Å². The summed E-state index contributed by atoms with van der Waals surface area (Å²) >= 11 is 0. The zero-order valence-corrected chi connectivity index (χ0v) is 20.6. The van der Waals surface area contributed by atoms with Crippen molar-refractivity contribution in [3.8, 4) is 11.3 Å². The van der Waals surface area contributed by atoms with Crippen LogP contribution in [0.1, 0.15) is 52.7 Å². The quantitative estimate of drug-likeness (QED) is 0.319. The van der Waals surface area contributed by atoms with Crippen LogP contribution in [0.2, 0.25) is 0 Å². The van der Waals surface area contributed by atoms with E-state index < -0.39 is 0 Å². The number of hydrogen-bond acceptors (Lipinski definition) is 2. The maximum atomic E-state index is 4.55. The molecule has 0 bridgehead atoms. The molecule has 4 aromatic rings. The Morgan fingerprint density at radius 2 is 1.09 bits per heavy atom. The van der Waals surface area contributed by atoms with E-state index in [1.165, 1.54) is 11.1 Å². The predicted molar refractivity (Wildman–Crippen MR) is 142 cm³/mol. The summed E-state index contributed by atoms with van der Waals surface area (Å²) in [6.07, 6.45) is 1.84. The fraction of sp³-hybridized carbons (Fsp3) is 0.258. The van der Waals surface area contributed by atoms with E-state index >= 15 is 0 Å². The zero-order valence-electron chi connectivity index (χ0n) is 20.6. The van der Waals surface area contributed by atoms with E-state index in [0.717, 1.165) is 28.3 Å². The van der Waals surface area contributed by atoms with E-state index in [-0.39, 0.29) is 10.8 Å². The Bertz CT molecular complexity index is 1140. The number of pyridine rings is 1. The maximum absolute atomic E-state index is 4.55. The highest BCUT2D eigenvalue weighted by atomic mass is 15.1. The summed E-state index contributed by atoms with van der Waals surface area (Å²) in [6, 6.07) is 32.5. The highest BCUT2D eigenvalue weighted by Gasteiger charge is 2.18. The van der Waals surface area contributed by atoms with Crippen molar-refractivity contribution >= 4 is 17.1 Å². The van der Waals surface area contributed by atoms with Crippen LogP contribution in [0.3, 0.4) is 0 Å². The second kappa shape index (κ2) is 8.86. The number of anilines is 3. The van der Waals surface area contributed by atoms with Gasteiger partial charge in [0.2, 0.25) is 0 Å². The van der Waals surface area contributed by atoms with E-state index in [2.05, 4.69) is 130 Å². The lowest BCUT2D eigenvalue weighted by Crippen LogP contribution is -2.14. The van der Waals surface area contributed by atoms with Gasteiger partial charge < -0.3 is 4.90 Å². The number of aromatic nitrogens is 1. The lowest BCUT2D eigenvalue weighted by Gasteiger charge is -2.28. The predicted octanol–water partition coefficient (Wildman–Crippen LogP) is 8.81. The van der Waals surface area contributed by atoms with Gasteiger partial charge in [0.1, 0.15) is 0 Å². The summed E-state index contributed by atoms with van der Waals surface area (Å²) in [7, 11) is 0. The molecule has 1 aromatic heterocycles. The van der Waals surface area contributed by atoms with Crippen LogP contribution in [0.5, 0.6) is 0 Å². The van der Waals surface area contributed by atoms with E-state index in [1.807, 2.05) is 18.3 Å². The van der Waals surface area contributed by atoms with Crippen molar-refractivity contribution in [3.63, 3.8) is 0 Å². The summed E-state index contributed by atoms with van der Waals surface area (Å²) in [5, 5.41) is 0. The third kappa shape index (κ3) is 5.17. The normalized spacial score (nSPS) is 11.9. The van der Waals surface area contributed by atoms with Gasteiger partial charge in [-0.3, -0.25) is 4.98 Å². The summed E-state index contributed by atoms with van der Waals surface area (Å²) < 4.78 is 0. The average molecular weight is 435 g/mol. The molecule has 0 saturated heterocycles. The summed E-state index contributed by atoms with van der Waals surface area (Å²) in [5.74, 6) is 0. The third-order valence-corrected chi connectivity index (χ3v) is 6.05. The average Bonchev–Trinajstić information content (AvgIpc) is 2.80. The summed E-state index contributed by atoms with van der Waals surface area (Å²) in [6.45, 7) is 13.5. The number of hydrogen-bond donors (Lipinski definition) is 0. The Kier molecular flexibility index (Phi) is 6.12. The lowest BCUT2D eigenvalue weighted by molar-refractivity contribution is 0.590. The van der Waals surface area contributed by atoms with Crippen LogP contribution in [0.15, 0.2) is 97.2 Å². The standard InChI is InChI=1S/C31H34N2/c1-30(2,3)24-13-17-26(18-14-24)33(27-19-15-25(16-20-27)31(4,5)6)28-11-9-10-23(22-28)29-12-7-8-21-32-29/h7-22H,1-6H3. The molecule has 0 aliphatic rings. The van der Waals surface area contributed by atoms with Gasteiger partial charge in [0.05, 0.1) is 5.69 Å². The van der Waals surface area contributed by atoms with E-state index in [1.54, 1.807) is 0 Å². The van der Waals surface area contributed by atoms with E-state index in [9.17, 15) is 0 Å². The second-order valence-corrected chi connectivity index (χ2v) is 10.7. The van der Waals surface area contributed by atoms with Crippen molar-refractivity contribution in [2.75, 3.05) is 4.90 Å². The molecule has 0 N–H and O–H groups in total. The molecule has 0 aliphatic heterocycles. The van der Waals surface area contributed by atoms with E-state index in [0.29, 0.717) is 0 Å². The molecule has 0 amide bonds. The Labute approximate surface area is 199 Å². The van der Waals surface area contributed by atoms with Crippen molar-refractivity contribution in [2.45, 2.75) is 52.4 Å². The van der Waals surface area contributed by atoms with Crippen LogP contribution in [0.25, 0.3) is 11.3 Å². The molecule has 0 aliphatic carbocycles. The van der Waals surface area contributed by atoms with E-state index in [4.69, 9.17) is 0 Å². The Morgan fingerprint density at radius 1 is 0.545 bits per heavy atom. The molecular weight excluding hydrogens is 400 g/mol. The minimum atomic E-state index is 0.122. The Hall–Kier alpha value is -3.39. The molecule has 1 heterocycles. The summed E-state index contributed by atoms with van der Waals surface area (Å²) in [5.41, 5.74) is 8.39. The van der Waals surface area contributed by atoms with Crippen LogP contribution in [0.4, 0.5) is 17.1 Å². The molecule has 0 atom stereocenters. The zero-order chi connectivity index (χ0) is 23.6. The van der Waals surface area contributed by atoms with Crippen molar-refractivity contribution in [1.82, 2.24) is 4.98 Å². The van der Waals surface area contributed by atoms with Crippen molar-refractivity contribution in [2.24, 2.45) is 0 Å². The van der Waals surface area contributed by atoms with Gasteiger partial charge in [-0.2, -0.15) is 0 Å². The largest absolute Gasteiger partial charge is 0.310 e. The Balaban J connectivity index is 1.82. The smallest absolute Gasteiger partial charge is 0.0702 e. The maximum Gasteiger partial charge on any atom is 0.0702 e. The Morgan fingerprint density at radius 3 is 1.55 bits per heavy atom. The van der Waals surface area contributed by atoms with Gasteiger partial charge in [-0.1, -0.05) is 84.0 Å². The molecule has 4 rings (SSSR count). The molecule has 3 aromatic carbocycles. The molecule has 2 heteroatoms. The minimum absolute atomic E-state index is 0.122. The summed E-state index contributed by atoms with van der Waals surface area (Å²) in [4.78, 5) is 6.88. The van der Waals surface area contributed by atoms with Gasteiger partial charge in [-0.15, -0.1) is 0 Å². The molecule has 0 radical (unpaired) electrons. The first-order chi connectivity index (χ1) is 15.6.